The third-order valence-electron chi connectivity index (χ3n) is 3.43. The minimum Gasteiger partial charge on any atom is -0.301 e. The standard InChI is InChI=1S/C13H19IN2/c1-10(2)16-8-5-11(6-9-16)13-12(14)4-3-7-15-13/h3-4,7,10-11H,5-6,8-9H2,1-2H3. The molecule has 2 heterocycles. The molecule has 1 saturated heterocycles. The lowest BCUT2D eigenvalue weighted by Gasteiger charge is -2.34. The van der Waals surface area contributed by atoms with Crippen molar-refractivity contribution in [1.82, 2.24) is 9.88 Å². The van der Waals surface area contributed by atoms with Gasteiger partial charge in [0.2, 0.25) is 0 Å². The fourth-order valence-corrected chi connectivity index (χ4v) is 3.17. The molecule has 1 aliphatic heterocycles. The van der Waals surface area contributed by atoms with Crippen LogP contribution in [0, 0.1) is 3.57 Å². The van der Waals surface area contributed by atoms with Gasteiger partial charge >= 0.3 is 0 Å². The number of pyridine rings is 1. The quantitative estimate of drug-likeness (QED) is 0.774. The summed E-state index contributed by atoms with van der Waals surface area (Å²) in [6.45, 7) is 7.00. The summed E-state index contributed by atoms with van der Waals surface area (Å²) in [6, 6.07) is 4.87. The van der Waals surface area contributed by atoms with Crippen LogP contribution in [-0.2, 0) is 0 Å². The minimum absolute atomic E-state index is 0.670. The second-order valence-electron chi connectivity index (χ2n) is 4.77. The van der Waals surface area contributed by atoms with Crippen LogP contribution >= 0.6 is 22.6 Å². The molecule has 0 atom stereocenters. The Bertz CT molecular complexity index is 344. The largest absolute Gasteiger partial charge is 0.301 e. The molecule has 1 aromatic heterocycles. The highest BCUT2D eigenvalue weighted by Gasteiger charge is 2.23. The van der Waals surface area contributed by atoms with Crippen LogP contribution < -0.4 is 0 Å². The molecule has 0 unspecified atom stereocenters. The van der Waals surface area contributed by atoms with E-state index < -0.39 is 0 Å². The van der Waals surface area contributed by atoms with Crippen molar-refractivity contribution >= 4 is 22.6 Å². The molecule has 0 amide bonds. The first-order valence-corrected chi connectivity index (χ1v) is 7.11. The molecule has 16 heavy (non-hydrogen) atoms. The van der Waals surface area contributed by atoms with Crippen molar-refractivity contribution < 1.29 is 0 Å². The van der Waals surface area contributed by atoms with Crippen molar-refractivity contribution in [3.05, 3.63) is 27.6 Å². The van der Waals surface area contributed by atoms with Gasteiger partial charge in [0, 0.05) is 21.7 Å². The zero-order valence-electron chi connectivity index (χ0n) is 9.99. The normalized spacial score (nSPS) is 19.2. The molecule has 2 rings (SSSR count). The molecule has 1 aliphatic rings. The number of aromatic nitrogens is 1. The van der Waals surface area contributed by atoms with E-state index in [0.717, 1.165) is 0 Å². The van der Waals surface area contributed by atoms with E-state index in [1.54, 1.807) is 0 Å². The molecular weight excluding hydrogens is 311 g/mol. The van der Waals surface area contributed by atoms with Crippen molar-refractivity contribution in [3.8, 4) is 0 Å². The van der Waals surface area contributed by atoms with Crippen LogP contribution in [0.1, 0.15) is 38.3 Å². The summed E-state index contributed by atoms with van der Waals surface area (Å²) in [6.07, 6.45) is 4.43. The van der Waals surface area contributed by atoms with Gasteiger partial charge in [0.05, 0.1) is 5.69 Å². The molecule has 0 saturated carbocycles. The van der Waals surface area contributed by atoms with Crippen LogP contribution in [0.3, 0.4) is 0 Å². The molecule has 0 bridgehead atoms. The van der Waals surface area contributed by atoms with Gasteiger partial charge in [-0.15, -0.1) is 0 Å². The third kappa shape index (κ3) is 2.74. The lowest BCUT2D eigenvalue weighted by molar-refractivity contribution is 0.170. The summed E-state index contributed by atoms with van der Waals surface area (Å²) in [5, 5.41) is 0. The molecule has 1 aromatic rings. The number of hydrogen-bond donors (Lipinski definition) is 0. The number of nitrogens with zero attached hydrogens (tertiary/aromatic N) is 2. The predicted molar refractivity (Wildman–Crippen MR) is 75.6 cm³/mol. The lowest BCUT2D eigenvalue weighted by Crippen LogP contribution is -2.38. The summed E-state index contributed by atoms with van der Waals surface area (Å²) in [5.74, 6) is 0.670. The minimum atomic E-state index is 0.670. The Balaban J connectivity index is 2.02. The van der Waals surface area contributed by atoms with E-state index in [4.69, 9.17) is 0 Å². The Hall–Kier alpha value is -0.160. The maximum absolute atomic E-state index is 4.55. The maximum atomic E-state index is 4.55. The Labute approximate surface area is 112 Å². The highest BCUT2D eigenvalue weighted by Crippen LogP contribution is 2.29. The monoisotopic (exact) mass is 330 g/mol. The van der Waals surface area contributed by atoms with Crippen LogP contribution in [0.4, 0.5) is 0 Å². The molecule has 0 radical (unpaired) electrons. The van der Waals surface area contributed by atoms with Gasteiger partial charge in [-0.2, -0.15) is 0 Å². The van der Waals surface area contributed by atoms with Gasteiger partial charge in [-0.05, 0) is 74.5 Å². The smallest absolute Gasteiger partial charge is 0.0568 e. The summed E-state index contributed by atoms with van der Waals surface area (Å²) in [7, 11) is 0. The summed E-state index contributed by atoms with van der Waals surface area (Å²) < 4.78 is 1.32. The van der Waals surface area contributed by atoms with E-state index in [0.29, 0.717) is 12.0 Å². The number of likely N-dealkylation sites (tertiary alicyclic amines) is 1. The molecule has 0 N–H and O–H groups in total. The topological polar surface area (TPSA) is 16.1 Å². The molecule has 0 aromatic carbocycles. The first-order chi connectivity index (χ1) is 7.68. The number of rotatable bonds is 2. The first-order valence-electron chi connectivity index (χ1n) is 6.03. The second kappa shape index (κ2) is 5.45. The van der Waals surface area contributed by atoms with E-state index >= 15 is 0 Å². The lowest BCUT2D eigenvalue weighted by atomic mass is 9.92. The molecule has 2 nitrogen and oxygen atoms in total. The van der Waals surface area contributed by atoms with Crippen LogP contribution in [0.15, 0.2) is 18.3 Å². The number of hydrogen-bond acceptors (Lipinski definition) is 2. The van der Waals surface area contributed by atoms with Gasteiger partial charge in [0.1, 0.15) is 0 Å². The van der Waals surface area contributed by atoms with Crippen molar-refractivity contribution in [2.75, 3.05) is 13.1 Å². The van der Waals surface area contributed by atoms with E-state index in [9.17, 15) is 0 Å². The fourth-order valence-electron chi connectivity index (χ4n) is 2.39. The van der Waals surface area contributed by atoms with E-state index in [-0.39, 0.29) is 0 Å². The van der Waals surface area contributed by atoms with Crippen LogP contribution in [0.25, 0.3) is 0 Å². The Morgan fingerprint density at radius 2 is 2.06 bits per heavy atom. The summed E-state index contributed by atoms with van der Waals surface area (Å²) >= 11 is 2.41. The average Bonchev–Trinajstić information content (AvgIpc) is 2.30. The van der Waals surface area contributed by atoms with Crippen molar-refractivity contribution in [2.45, 2.75) is 38.6 Å². The Morgan fingerprint density at radius 3 is 2.62 bits per heavy atom. The molecule has 0 aliphatic carbocycles. The van der Waals surface area contributed by atoms with Crippen molar-refractivity contribution in [3.63, 3.8) is 0 Å². The first kappa shape index (κ1) is 12.3. The van der Waals surface area contributed by atoms with Crippen LogP contribution in [0.5, 0.6) is 0 Å². The fraction of sp³-hybridized carbons (Fsp3) is 0.615. The molecule has 1 fully saturated rings. The van der Waals surface area contributed by atoms with Gasteiger partial charge in [0.25, 0.3) is 0 Å². The van der Waals surface area contributed by atoms with Crippen molar-refractivity contribution in [1.29, 1.82) is 0 Å². The summed E-state index contributed by atoms with van der Waals surface area (Å²) in [5.41, 5.74) is 1.31. The van der Waals surface area contributed by atoms with Gasteiger partial charge in [-0.3, -0.25) is 4.98 Å². The van der Waals surface area contributed by atoms with E-state index in [2.05, 4.69) is 52.4 Å². The number of halogens is 1. The van der Waals surface area contributed by atoms with Gasteiger partial charge in [0.15, 0.2) is 0 Å². The summed E-state index contributed by atoms with van der Waals surface area (Å²) in [4.78, 5) is 7.11. The van der Waals surface area contributed by atoms with Gasteiger partial charge in [-0.25, -0.2) is 0 Å². The molecule has 88 valence electrons. The second-order valence-corrected chi connectivity index (χ2v) is 5.94. The van der Waals surface area contributed by atoms with Crippen LogP contribution in [-0.4, -0.2) is 29.0 Å². The third-order valence-corrected chi connectivity index (χ3v) is 4.35. The molecule has 3 heteroatoms. The van der Waals surface area contributed by atoms with Crippen LogP contribution in [0.2, 0.25) is 0 Å². The van der Waals surface area contributed by atoms with Gasteiger partial charge in [-0.1, -0.05) is 0 Å². The van der Waals surface area contributed by atoms with E-state index in [1.165, 1.54) is 35.2 Å². The highest BCUT2D eigenvalue weighted by atomic mass is 127. The number of piperidine rings is 1. The predicted octanol–water partition coefficient (Wildman–Crippen LogP) is 3.27. The SMILES string of the molecule is CC(C)N1CCC(c2ncccc2I)CC1. The maximum Gasteiger partial charge on any atom is 0.0568 e. The average molecular weight is 330 g/mol. The zero-order chi connectivity index (χ0) is 11.5. The van der Waals surface area contributed by atoms with Gasteiger partial charge < -0.3 is 4.90 Å². The van der Waals surface area contributed by atoms with Crippen molar-refractivity contribution in [2.24, 2.45) is 0 Å². The molecule has 0 spiro atoms. The Kier molecular flexibility index (Phi) is 4.19. The zero-order valence-corrected chi connectivity index (χ0v) is 12.1. The highest BCUT2D eigenvalue weighted by molar-refractivity contribution is 14.1. The Morgan fingerprint density at radius 1 is 1.38 bits per heavy atom. The van der Waals surface area contributed by atoms with E-state index in [1.807, 2.05) is 12.3 Å². The molecular formula is C13H19IN2.